The first-order valence-corrected chi connectivity index (χ1v) is 9.66. The van der Waals surface area contributed by atoms with Crippen LogP contribution >= 0.6 is 12.4 Å². The minimum atomic E-state index is -3.13. The Kier molecular flexibility index (Phi) is 7.58. The fraction of sp³-hybridized carbons (Fsp3) is 0.929. The predicted molar refractivity (Wildman–Crippen MR) is 89.6 cm³/mol. The Morgan fingerprint density at radius 2 is 1.73 bits per heavy atom. The molecule has 6 nitrogen and oxygen atoms in total. The van der Waals surface area contributed by atoms with Crippen molar-refractivity contribution in [2.75, 3.05) is 45.5 Å². The van der Waals surface area contributed by atoms with Crippen molar-refractivity contribution in [3.63, 3.8) is 0 Å². The zero-order valence-electron chi connectivity index (χ0n) is 13.5. The predicted octanol–water partition coefficient (Wildman–Crippen LogP) is 0.538. The molecule has 2 aliphatic rings. The van der Waals surface area contributed by atoms with Crippen molar-refractivity contribution in [2.24, 2.45) is 11.8 Å². The highest BCUT2D eigenvalue weighted by Gasteiger charge is 2.28. The van der Waals surface area contributed by atoms with E-state index in [2.05, 4.69) is 12.2 Å². The summed E-state index contributed by atoms with van der Waals surface area (Å²) in [5.74, 6) is 1.22. The molecule has 8 heteroatoms. The SMILES string of the molecule is CC(CC(=O)N1CCN(S(C)(=O)=O)CC1)C1CCNCC1.Cl. The molecule has 0 spiro atoms. The Labute approximate surface area is 140 Å². The lowest BCUT2D eigenvalue weighted by Crippen LogP contribution is -2.50. The van der Waals surface area contributed by atoms with Gasteiger partial charge in [0.1, 0.15) is 0 Å². The number of sulfonamides is 1. The van der Waals surface area contributed by atoms with E-state index in [1.54, 1.807) is 0 Å². The summed E-state index contributed by atoms with van der Waals surface area (Å²) in [6, 6.07) is 0. The molecule has 2 rings (SSSR count). The quantitative estimate of drug-likeness (QED) is 0.800. The number of nitrogens with one attached hydrogen (secondary N) is 1. The first kappa shape index (κ1) is 19.7. The Balaban J connectivity index is 0.00000242. The van der Waals surface area contributed by atoms with Gasteiger partial charge >= 0.3 is 0 Å². The van der Waals surface area contributed by atoms with E-state index >= 15 is 0 Å². The molecular formula is C14H28ClN3O3S. The summed E-state index contributed by atoms with van der Waals surface area (Å²) in [5, 5.41) is 3.35. The summed E-state index contributed by atoms with van der Waals surface area (Å²) in [4.78, 5) is 14.2. The number of nitrogens with zero attached hydrogens (tertiary/aromatic N) is 2. The minimum Gasteiger partial charge on any atom is -0.340 e. The Morgan fingerprint density at radius 1 is 1.18 bits per heavy atom. The van der Waals surface area contributed by atoms with Crippen LogP contribution in [0.15, 0.2) is 0 Å². The standard InChI is InChI=1S/C14H27N3O3S.ClH/c1-12(13-3-5-15-6-4-13)11-14(18)16-7-9-17(10-8-16)21(2,19)20;/h12-13,15H,3-11H2,1-2H3;1H. The second-order valence-corrected chi connectivity index (χ2v) is 8.29. The van der Waals surface area contributed by atoms with Crippen LogP contribution in [0.5, 0.6) is 0 Å². The van der Waals surface area contributed by atoms with E-state index in [4.69, 9.17) is 0 Å². The van der Waals surface area contributed by atoms with E-state index in [1.165, 1.54) is 10.6 Å². The molecule has 0 aromatic rings. The maximum atomic E-state index is 12.3. The summed E-state index contributed by atoms with van der Waals surface area (Å²) in [7, 11) is -3.13. The van der Waals surface area contributed by atoms with Crippen molar-refractivity contribution >= 4 is 28.3 Å². The van der Waals surface area contributed by atoms with Crippen LogP contribution in [0.2, 0.25) is 0 Å². The van der Waals surface area contributed by atoms with Gasteiger partial charge in [-0.05, 0) is 37.8 Å². The van der Waals surface area contributed by atoms with Gasteiger partial charge in [0.15, 0.2) is 0 Å². The van der Waals surface area contributed by atoms with E-state index in [0.29, 0.717) is 44.4 Å². The molecule has 2 fully saturated rings. The van der Waals surface area contributed by atoms with E-state index in [9.17, 15) is 13.2 Å². The first-order chi connectivity index (χ1) is 9.88. The third-order valence-electron chi connectivity index (χ3n) is 4.75. The maximum Gasteiger partial charge on any atom is 0.222 e. The van der Waals surface area contributed by atoms with Gasteiger partial charge in [0, 0.05) is 32.6 Å². The Bertz CT molecular complexity index is 458. The average Bonchev–Trinajstić information content (AvgIpc) is 2.47. The molecule has 22 heavy (non-hydrogen) atoms. The minimum absolute atomic E-state index is 0. The Morgan fingerprint density at radius 3 is 2.23 bits per heavy atom. The van der Waals surface area contributed by atoms with Crippen LogP contribution in [-0.2, 0) is 14.8 Å². The summed E-state index contributed by atoms with van der Waals surface area (Å²) in [5.41, 5.74) is 0. The molecule has 130 valence electrons. The lowest BCUT2D eigenvalue weighted by Gasteiger charge is -2.35. The van der Waals surface area contributed by atoms with Crippen molar-refractivity contribution in [2.45, 2.75) is 26.2 Å². The molecular weight excluding hydrogens is 326 g/mol. The van der Waals surface area contributed by atoms with Crippen LogP contribution in [0.1, 0.15) is 26.2 Å². The van der Waals surface area contributed by atoms with Gasteiger partial charge in [-0.25, -0.2) is 8.42 Å². The van der Waals surface area contributed by atoms with E-state index in [0.717, 1.165) is 25.9 Å². The average molecular weight is 354 g/mol. The summed E-state index contributed by atoms with van der Waals surface area (Å²) in [6.07, 6.45) is 4.11. The molecule has 1 N–H and O–H groups in total. The highest BCUT2D eigenvalue weighted by atomic mass is 35.5. The normalized spacial score (nSPS) is 22.9. The molecule has 2 aliphatic heterocycles. The summed E-state index contributed by atoms with van der Waals surface area (Å²) >= 11 is 0. The number of rotatable bonds is 4. The van der Waals surface area contributed by atoms with Crippen LogP contribution in [0.3, 0.4) is 0 Å². The monoisotopic (exact) mass is 353 g/mol. The van der Waals surface area contributed by atoms with Crippen LogP contribution in [-0.4, -0.2) is 69.1 Å². The van der Waals surface area contributed by atoms with Gasteiger partial charge in [0.05, 0.1) is 6.26 Å². The molecule has 2 heterocycles. The van der Waals surface area contributed by atoms with E-state index in [1.807, 2.05) is 4.90 Å². The lowest BCUT2D eigenvalue weighted by atomic mass is 9.84. The number of hydrogen-bond acceptors (Lipinski definition) is 4. The second kappa shape index (κ2) is 8.47. The van der Waals surface area contributed by atoms with Crippen molar-refractivity contribution in [3.8, 4) is 0 Å². The fourth-order valence-electron chi connectivity index (χ4n) is 3.25. The summed E-state index contributed by atoms with van der Waals surface area (Å²) in [6.45, 7) is 6.15. The molecule has 0 aliphatic carbocycles. The zero-order valence-corrected chi connectivity index (χ0v) is 15.1. The molecule has 0 aromatic carbocycles. The van der Waals surface area contributed by atoms with Crippen molar-refractivity contribution in [1.29, 1.82) is 0 Å². The number of halogens is 1. The van der Waals surface area contributed by atoms with E-state index in [-0.39, 0.29) is 18.3 Å². The summed E-state index contributed by atoms with van der Waals surface area (Å²) < 4.78 is 24.4. The molecule has 1 unspecified atom stereocenters. The number of piperazine rings is 1. The first-order valence-electron chi connectivity index (χ1n) is 7.81. The van der Waals surface area contributed by atoms with Crippen molar-refractivity contribution in [3.05, 3.63) is 0 Å². The van der Waals surface area contributed by atoms with Gasteiger partial charge in [0.2, 0.25) is 15.9 Å². The molecule has 2 saturated heterocycles. The topological polar surface area (TPSA) is 69.7 Å². The van der Waals surface area contributed by atoms with Crippen LogP contribution < -0.4 is 5.32 Å². The second-order valence-electron chi connectivity index (χ2n) is 6.31. The molecule has 0 radical (unpaired) electrons. The van der Waals surface area contributed by atoms with Crippen molar-refractivity contribution < 1.29 is 13.2 Å². The number of amides is 1. The van der Waals surface area contributed by atoms with E-state index < -0.39 is 10.0 Å². The third-order valence-corrected chi connectivity index (χ3v) is 6.05. The van der Waals surface area contributed by atoms with Crippen LogP contribution in [0.4, 0.5) is 0 Å². The van der Waals surface area contributed by atoms with Crippen LogP contribution in [0, 0.1) is 11.8 Å². The highest BCUT2D eigenvalue weighted by Crippen LogP contribution is 2.25. The molecule has 1 atom stereocenters. The van der Waals surface area contributed by atoms with Crippen molar-refractivity contribution in [1.82, 2.24) is 14.5 Å². The van der Waals surface area contributed by atoms with Gasteiger partial charge in [-0.1, -0.05) is 6.92 Å². The fourth-order valence-corrected chi connectivity index (χ4v) is 4.08. The number of piperidine rings is 1. The Hall–Kier alpha value is -0.370. The zero-order chi connectivity index (χ0) is 15.5. The molecule has 0 bridgehead atoms. The van der Waals surface area contributed by atoms with Gasteiger partial charge < -0.3 is 10.2 Å². The van der Waals surface area contributed by atoms with Gasteiger partial charge in [-0.3, -0.25) is 4.79 Å². The lowest BCUT2D eigenvalue weighted by molar-refractivity contribution is -0.133. The van der Waals surface area contributed by atoms with Gasteiger partial charge in [-0.15, -0.1) is 12.4 Å². The van der Waals surface area contributed by atoms with Gasteiger partial charge in [0.25, 0.3) is 0 Å². The van der Waals surface area contributed by atoms with Gasteiger partial charge in [-0.2, -0.15) is 4.31 Å². The number of carbonyl (C=O) groups is 1. The number of hydrogen-bond donors (Lipinski definition) is 1. The third kappa shape index (κ3) is 5.37. The molecule has 0 aromatic heterocycles. The highest BCUT2D eigenvalue weighted by molar-refractivity contribution is 7.88. The largest absolute Gasteiger partial charge is 0.340 e. The maximum absolute atomic E-state index is 12.3. The smallest absolute Gasteiger partial charge is 0.222 e. The number of carbonyl (C=O) groups excluding carboxylic acids is 1. The molecule has 0 saturated carbocycles. The molecule has 1 amide bonds. The van der Waals surface area contributed by atoms with Crippen LogP contribution in [0.25, 0.3) is 0 Å².